The van der Waals surface area contributed by atoms with Crippen molar-refractivity contribution in [2.45, 2.75) is 32.4 Å². The first-order valence-corrected chi connectivity index (χ1v) is 9.88. The Morgan fingerprint density at radius 2 is 2.00 bits per heavy atom. The number of nitrogens with one attached hydrogen (secondary N) is 1. The summed E-state index contributed by atoms with van der Waals surface area (Å²) in [5, 5.41) is 2.34. The van der Waals surface area contributed by atoms with Crippen LogP contribution in [0.25, 0.3) is 11.3 Å². The number of ether oxygens (including phenoxy) is 1. The van der Waals surface area contributed by atoms with Crippen LogP contribution >= 0.6 is 11.3 Å². The van der Waals surface area contributed by atoms with Crippen LogP contribution in [-0.2, 0) is 6.18 Å². The zero-order chi connectivity index (χ0) is 20.9. The van der Waals surface area contributed by atoms with E-state index in [1.165, 1.54) is 18.3 Å². The number of hydrogen-bond acceptors (Lipinski definition) is 5. The molecule has 0 saturated heterocycles. The van der Waals surface area contributed by atoms with Crippen molar-refractivity contribution in [3.05, 3.63) is 53.4 Å². The lowest BCUT2D eigenvalue weighted by Gasteiger charge is -2.15. The number of nitrogens with zero attached hydrogens (tertiary/aromatic N) is 2. The fourth-order valence-corrected chi connectivity index (χ4v) is 3.38. The van der Waals surface area contributed by atoms with E-state index in [4.69, 9.17) is 4.74 Å². The van der Waals surface area contributed by atoms with Crippen LogP contribution in [0.5, 0.6) is 5.75 Å². The molecule has 4 nitrogen and oxygen atoms in total. The molecular weight excluding hydrogens is 406 g/mol. The largest absolute Gasteiger partial charge is 0.493 e. The molecule has 0 aliphatic carbocycles. The van der Waals surface area contributed by atoms with E-state index in [-0.39, 0.29) is 28.9 Å². The van der Waals surface area contributed by atoms with E-state index in [2.05, 4.69) is 15.3 Å². The first-order chi connectivity index (χ1) is 13.9. The van der Waals surface area contributed by atoms with Gasteiger partial charge >= 0.3 is 6.18 Å². The Bertz CT molecular complexity index is 945. The molecule has 1 N–H and O–H groups in total. The summed E-state index contributed by atoms with van der Waals surface area (Å²) in [5.41, 5.74) is -0.160. The predicted molar refractivity (Wildman–Crippen MR) is 105 cm³/mol. The van der Waals surface area contributed by atoms with Gasteiger partial charge in [-0.2, -0.15) is 17.6 Å². The maximum Gasteiger partial charge on any atom is 0.420 e. The standard InChI is InChI=1S/C20H19F4N3OS/c1-2-3-4-10-28-16-8-7-14(11-15(16)20(22,23)24)26-19-27-17(18(21)29-19)13-6-5-9-25-12-13/h5-9,11-12H,2-4,10H2,1H3,(H,26,27). The number of pyridine rings is 1. The third-order valence-electron chi connectivity index (χ3n) is 4.06. The van der Waals surface area contributed by atoms with Crippen molar-refractivity contribution in [1.82, 2.24) is 9.97 Å². The van der Waals surface area contributed by atoms with Crippen LogP contribution in [0.2, 0.25) is 0 Å². The van der Waals surface area contributed by atoms with Gasteiger partial charge in [0.15, 0.2) is 5.13 Å². The molecule has 9 heteroatoms. The van der Waals surface area contributed by atoms with Crippen molar-refractivity contribution >= 4 is 22.2 Å². The van der Waals surface area contributed by atoms with Crippen molar-refractivity contribution in [1.29, 1.82) is 0 Å². The van der Waals surface area contributed by atoms with Crippen LogP contribution in [0.15, 0.2) is 42.7 Å². The van der Waals surface area contributed by atoms with Crippen LogP contribution < -0.4 is 10.1 Å². The SMILES string of the molecule is CCCCCOc1ccc(Nc2nc(-c3cccnc3)c(F)s2)cc1C(F)(F)F. The quantitative estimate of drug-likeness (QED) is 0.323. The average molecular weight is 425 g/mol. The summed E-state index contributed by atoms with van der Waals surface area (Å²) in [4.78, 5) is 8.06. The summed E-state index contributed by atoms with van der Waals surface area (Å²) < 4.78 is 59.9. The minimum atomic E-state index is -4.58. The van der Waals surface area contributed by atoms with E-state index in [1.54, 1.807) is 18.3 Å². The van der Waals surface area contributed by atoms with Crippen molar-refractivity contribution in [2.75, 3.05) is 11.9 Å². The second-order valence-corrected chi connectivity index (χ2v) is 7.22. The minimum absolute atomic E-state index is 0.0949. The van der Waals surface area contributed by atoms with Crippen molar-refractivity contribution in [3.63, 3.8) is 0 Å². The summed E-state index contributed by atoms with van der Waals surface area (Å²) in [6.07, 6.45) is 0.960. The zero-order valence-electron chi connectivity index (χ0n) is 15.6. The summed E-state index contributed by atoms with van der Waals surface area (Å²) in [5.74, 6) is -0.222. The highest BCUT2D eigenvalue weighted by Crippen LogP contribution is 2.39. The fraction of sp³-hybridized carbons (Fsp3) is 0.300. The zero-order valence-corrected chi connectivity index (χ0v) is 16.4. The normalized spacial score (nSPS) is 11.5. The number of anilines is 2. The summed E-state index contributed by atoms with van der Waals surface area (Å²) in [7, 11) is 0. The van der Waals surface area contributed by atoms with Gasteiger partial charge in [0, 0.05) is 23.6 Å². The van der Waals surface area contributed by atoms with Crippen LogP contribution in [0.4, 0.5) is 28.4 Å². The number of rotatable bonds is 8. The first kappa shape index (κ1) is 21.0. The second kappa shape index (κ2) is 9.21. The van der Waals surface area contributed by atoms with Crippen LogP contribution in [-0.4, -0.2) is 16.6 Å². The Labute approximate surface area is 169 Å². The third-order valence-corrected chi connectivity index (χ3v) is 4.82. The molecule has 0 aliphatic heterocycles. The Hall–Kier alpha value is -2.68. The Balaban J connectivity index is 1.81. The monoisotopic (exact) mass is 425 g/mol. The van der Waals surface area contributed by atoms with Crippen molar-refractivity contribution in [3.8, 4) is 17.0 Å². The molecule has 154 valence electrons. The highest BCUT2D eigenvalue weighted by molar-refractivity contribution is 7.14. The number of benzene rings is 1. The lowest BCUT2D eigenvalue weighted by atomic mass is 10.1. The van der Waals surface area contributed by atoms with Crippen LogP contribution in [0.3, 0.4) is 0 Å². The maximum absolute atomic E-state index is 14.2. The molecule has 0 amide bonds. The van der Waals surface area contributed by atoms with Gasteiger partial charge < -0.3 is 10.1 Å². The summed E-state index contributed by atoms with van der Waals surface area (Å²) in [6.45, 7) is 2.22. The number of alkyl halides is 3. The maximum atomic E-state index is 14.2. The van der Waals surface area contributed by atoms with Crippen molar-refractivity contribution < 1.29 is 22.3 Å². The summed E-state index contributed by atoms with van der Waals surface area (Å²) in [6, 6.07) is 6.96. The lowest BCUT2D eigenvalue weighted by molar-refractivity contribution is -0.138. The molecule has 3 rings (SSSR count). The van der Waals surface area contributed by atoms with Gasteiger partial charge in [0.1, 0.15) is 11.4 Å². The number of unbranched alkanes of at least 4 members (excludes halogenated alkanes) is 2. The minimum Gasteiger partial charge on any atom is -0.493 e. The molecule has 0 aliphatic rings. The highest BCUT2D eigenvalue weighted by atomic mass is 32.1. The van der Waals surface area contributed by atoms with E-state index in [0.717, 1.165) is 18.9 Å². The first-order valence-electron chi connectivity index (χ1n) is 9.06. The average Bonchev–Trinajstić information content (AvgIpc) is 3.06. The number of halogens is 4. The lowest BCUT2D eigenvalue weighted by Crippen LogP contribution is -2.10. The number of aromatic nitrogens is 2. The molecule has 0 spiro atoms. The van der Waals surface area contributed by atoms with Gasteiger partial charge in [0.2, 0.25) is 5.13 Å². The molecule has 0 fully saturated rings. The number of thiazole rings is 1. The smallest absolute Gasteiger partial charge is 0.420 e. The van der Waals surface area contributed by atoms with Crippen LogP contribution in [0, 0.1) is 5.13 Å². The van der Waals surface area contributed by atoms with E-state index in [0.29, 0.717) is 23.3 Å². The van der Waals surface area contributed by atoms with E-state index < -0.39 is 16.9 Å². The fourth-order valence-electron chi connectivity index (χ4n) is 2.65. The van der Waals surface area contributed by atoms with Gasteiger partial charge in [0.25, 0.3) is 0 Å². The van der Waals surface area contributed by atoms with Gasteiger partial charge in [-0.3, -0.25) is 4.98 Å². The number of hydrogen-bond donors (Lipinski definition) is 1. The predicted octanol–water partition coefficient (Wildman–Crippen LogP) is 6.68. The van der Waals surface area contributed by atoms with Crippen LogP contribution in [0.1, 0.15) is 31.7 Å². The van der Waals surface area contributed by atoms with Gasteiger partial charge in [-0.05, 0) is 36.8 Å². The summed E-state index contributed by atoms with van der Waals surface area (Å²) >= 11 is 0.712. The molecular formula is C20H19F4N3OS. The van der Waals surface area contributed by atoms with E-state index in [1.807, 2.05) is 6.92 Å². The highest BCUT2D eigenvalue weighted by Gasteiger charge is 2.34. The molecule has 0 saturated carbocycles. The topological polar surface area (TPSA) is 47.0 Å². The molecule has 2 heterocycles. The molecule has 3 aromatic rings. The second-order valence-electron chi connectivity index (χ2n) is 6.27. The Kier molecular flexibility index (Phi) is 6.68. The molecule has 2 aromatic heterocycles. The van der Waals surface area contributed by atoms with Gasteiger partial charge in [0.05, 0.1) is 12.2 Å². The van der Waals surface area contributed by atoms with Gasteiger partial charge in [-0.1, -0.05) is 31.1 Å². The molecule has 0 unspecified atom stereocenters. The Morgan fingerprint density at radius 1 is 1.17 bits per heavy atom. The van der Waals surface area contributed by atoms with Gasteiger partial charge in [-0.25, -0.2) is 4.98 Å². The molecule has 0 atom stereocenters. The van der Waals surface area contributed by atoms with Gasteiger partial charge in [-0.15, -0.1) is 0 Å². The third kappa shape index (κ3) is 5.44. The van der Waals surface area contributed by atoms with E-state index in [9.17, 15) is 17.6 Å². The molecule has 0 bridgehead atoms. The molecule has 29 heavy (non-hydrogen) atoms. The molecule has 0 radical (unpaired) electrons. The molecule has 1 aromatic carbocycles. The Morgan fingerprint density at radius 3 is 2.69 bits per heavy atom. The van der Waals surface area contributed by atoms with Crippen molar-refractivity contribution in [2.24, 2.45) is 0 Å². The van der Waals surface area contributed by atoms with E-state index >= 15 is 0 Å².